The Morgan fingerprint density at radius 3 is 2.81 bits per heavy atom. The molecule has 0 aliphatic rings. The predicted molar refractivity (Wildman–Crippen MR) is 87.3 cm³/mol. The first kappa shape index (κ1) is 16.2. The third kappa shape index (κ3) is 3.35. The van der Waals surface area contributed by atoms with Crippen molar-refractivity contribution in [3.63, 3.8) is 0 Å². The molecule has 0 saturated carbocycles. The molecule has 1 heterocycles. The molecule has 0 amide bonds. The molecule has 4 nitrogen and oxygen atoms in total. The average Bonchev–Trinajstić information content (AvgIpc) is 2.83. The normalized spacial score (nSPS) is 14.3. The first-order chi connectivity index (χ1) is 9.95. The molecular formula is C15H19ClN2O2S. The lowest BCUT2D eigenvalue weighted by atomic mass is 10.0. The van der Waals surface area contributed by atoms with Crippen LogP contribution in [-0.4, -0.2) is 26.4 Å². The summed E-state index contributed by atoms with van der Waals surface area (Å²) >= 11 is 7.46. The van der Waals surface area contributed by atoms with Crippen LogP contribution in [0.25, 0.3) is 11.0 Å². The van der Waals surface area contributed by atoms with Gasteiger partial charge in [-0.05, 0) is 25.0 Å². The minimum Gasteiger partial charge on any atom is -0.481 e. The van der Waals surface area contributed by atoms with Crippen LogP contribution in [0.5, 0.6) is 0 Å². The molecule has 1 aromatic carbocycles. The maximum Gasteiger partial charge on any atom is 0.313 e. The lowest BCUT2D eigenvalue weighted by Crippen LogP contribution is -2.15. The number of thioether (sulfide) groups is 1. The van der Waals surface area contributed by atoms with Crippen LogP contribution in [0.3, 0.4) is 0 Å². The van der Waals surface area contributed by atoms with E-state index in [2.05, 4.69) is 30.3 Å². The molecule has 0 bridgehead atoms. The van der Waals surface area contributed by atoms with Crippen molar-refractivity contribution >= 4 is 40.4 Å². The van der Waals surface area contributed by atoms with E-state index < -0.39 is 5.97 Å². The smallest absolute Gasteiger partial charge is 0.313 e. The van der Waals surface area contributed by atoms with E-state index in [1.165, 1.54) is 11.8 Å². The summed E-state index contributed by atoms with van der Waals surface area (Å²) in [5.41, 5.74) is 1.70. The molecule has 0 radical (unpaired) electrons. The van der Waals surface area contributed by atoms with Crippen LogP contribution in [0.4, 0.5) is 0 Å². The first-order valence-corrected chi connectivity index (χ1v) is 8.33. The van der Waals surface area contributed by atoms with Gasteiger partial charge in [0.05, 0.1) is 16.3 Å². The van der Waals surface area contributed by atoms with Crippen molar-refractivity contribution in [1.29, 1.82) is 0 Å². The summed E-state index contributed by atoms with van der Waals surface area (Å²) in [5, 5.41) is 10.2. The Hall–Kier alpha value is -1.20. The molecule has 1 aromatic heterocycles. The van der Waals surface area contributed by atoms with Crippen molar-refractivity contribution in [2.24, 2.45) is 5.92 Å². The fourth-order valence-electron chi connectivity index (χ4n) is 2.28. The van der Waals surface area contributed by atoms with E-state index in [0.29, 0.717) is 16.1 Å². The van der Waals surface area contributed by atoms with E-state index >= 15 is 0 Å². The molecule has 114 valence electrons. The number of imidazole rings is 1. The van der Waals surface area contributed by atoms with Crippen molar-refractivity contribution in [3.8, 4) is 0 Å². The summed E-state index contributed by atoms with van der Waals surface area (Å²) in [7, 11) is 0. The van der Waals surface area contributed by atoms with Crippen LogP contribution < -0.4 is 0 Å². The summed E-state index contributed by atoms with van der Waals surface area (Å²) < 4.78 is 2.11. The number of hydrogen-bond acceptors (Lipinski definition) is 3. The second kappa shape index (κ2) is 6.71. The number of halogens is 1. The highest BCUT2D eigenvalue weighted by molar-refractivity contribution is 7.99. The SMILES string of the molecule is CCC(C)C(C)n1c(SCC(=O)O)nc2c(Cl)cccc21. The third-order valence-electron chi connectivity index (χ3n) is 3.84. The van der Waals surface area contributed by atoms with Crippen LogP contribution >= 0.6 is 23.4 Å². The number of aromatic nitrogens is 2. The fraction of sp³-hybridized carbons (Fsp3) is 0.467. The molecule has 0 saturated heterocycles. The van der Waals surface area contributed by atoms with E-state index in [9.17, 15) is 4.79 Å². The Labute approximate surface area is 133 Å². The van der Waals surface area contributed by atoms with E-state index in [1.54, 1.807) is 6.07 Å². The Bertz CT molecular complexity index is 656. The van der Waals surface area contributed by atoms with Gasteiger partial charge < -0.3 is 9.67 Å². The van der Waals surface area contributed by atoms with Gasteiger partial charge in [-0.2, -0.15) is 0 Å². The van der Waals surface area contributed by atoms with Gasteiger partial charge >= 0.3 is 5.97 Å². The minimum atomic E-state index is -0.846. The first-order valence-electron chi connectivity index (χ1n) is 6.96. The van der Waals surface area contributed by atoms with Gasteiger partial charge in [0.1, 0.15) is 5.52 Å². The molecule has 0 spiro atoms. The molecule has 2 atom stereocenters. The molecule has 0 aliphatic heterocycles. The predicted octanol–water partition coefficient (Wildman–Crippen LogP) is 4.47. The zero-order chi connectivity index (χ0) is 15.6. The monoisotopic (exact) mass is 326 g/mol. The lowest BCUT2D eigenvalue weighted by Gasteiger charge is -2.22. The number of hydrogen-bond donors (Lipinski definition) is 1. The average molecular weight is 327 g/mol. The number of carboxylic acid groups (broad SMARTS) is 1. The summed E-state index contributed by atoms with van der Waals surface area (Å²) in [6.45, 7) is 6.48. The molecule has 0 fully saturated rings. The number of rotatable bonds is 6. The number of carboxylic acids is 1. The second-order valence-corrected chi connectivity index (χ2v) is 6.53. The quantitative estimate of drug-likeness (QED) is 0.795. The van der Waals surface area contributed by atoms with Crippen molar-refractivity contribution in [1.82, 2.24) is 9.55 Å². The fourth-order valence-corrected chi connectivity index (χ4v) is 3.30. The van der Waals surface area contributed by atoms with E-state index in [4.69, 9.17) is 16.7 Å². The Morgan fingerprint density at radius 2 is 2.19 bits per heavy atom. The number of para-hydroxylation sites is 1. The maximum atomic E-state index is 10.8. The van der Waals surface area contributed by atoms with Crippen LogP contribution in [-0.2, 0) is 4.79 Å². The van der Waals surface area contributed by atoms with Gasteiger partial charge in [0.15, 0.2) is 5.16 Å². The van der Waals surface area contributed by atoms with Gasteiger partial charge in [-0.15, -0.1) is 0 Å². The molecular weight excluding hydrogens is 308 g/mol. The topological polar surface area (TPSA) is 55.1 Å². The summed E-state index contributed by atoms with van der Waals surface area (Å²) in [4.78, 5) is 15.4. The molecule has 1 N–H and O–H groups in total. The van der Waals surface area contributed by atoms with E-state index in [0.717, 1.165) is 17.5 Å². The number of nitrogens with zero attached hydrogens (tertiary/aromatic N) is 2. The standard InChI is InChI=1S/C15H19ClN2O2S/c1-4-9(2)10(3)18-12-7-5-6-11(16)14(12)17-15(18)21-8-13(19)20/h5-7,9-10H,4,8H2,1-3H3,(H,19,20). The lowest BCUT2D eigenvalue weighted by molar-refractivity contribution is -0.133. The Morgan fingerprint density at radius 1 is 1.48 bits per heavy atom. The van der Waals surface area contributed by atoms with Crippen LogP contribution in [0.15, 0.2) is 23.4 Å². The number of aliphatic carboxylic acids is 1. The minimum absolute atomic E-state index is 0.00579. The van der Waals surface area contributed by atoms with Crippen molar-refractivity contribution in [2.75, 3.05) is 5.75 Å². The van der Waals surface area contributed by atoms with Crippen LogP contribution in [0.2, 0.25) is 5.02 Å². The molecule has 6 heteroatoms. The Balaban J connectivity index is 2.54. The van der Waals surface area contributed by atoms with Gasteiger partial charge in [0.2, 0.25) is 0 Å². The molecule has 2 unspecified atom stereocenters. The van der Waals surface area contributed by atoms with E-state index in [-0.39, 0.29) is 11.8 Å². The zero-order valence-corrected chi connectivity index (χ0v) is 13.9. The molecule has 0 aliphatic carbocycles. The molecule has 2 aromatic rings. The summed E-state index contributed by atoms with van der Waals surface area (Å²) in [6, 6.07) is 5.92. The van der Waals surface area contributed by atoms with Crippen LogP contribution in [0.1, 0.15) is 33.2 Å². The van der Waals surface area contributed by atoms with Crippen molar-refractivity contribution in [3.05, 3.63) is 23.2 Å². The Kier molecular flexibility index (Phi) is 5.17. The van der Waals surface area contributed by atoms with Gasteiger partial charge in [-0.1, -0.05) is 49.7 Å². The molecule has 2 rings (SSSR count). The van der Waals surface area contributed by atoms with Gasteiger partial charge in [-0.3, -0.25) is 4.79 Å². The van der Waals surface area contributed by atoms with Crippen LogP contribution in [0, 0.1) is 5.92 Å². The second-order valence-electron chi connectivity index (χ2n) is 5.18. The highest BCUT2D eigenvalue weighted by atomic mass is 35.5. The maximum absolute atomic E-state index is 10.8. The highest BCUT2D eigenvalue weighted by Crippen LogP contribution is 2.34. The highest BCUT2D eigenvalue weighted by Gasteiger charge is 2.21. The number of benzene rings is 1. The summed E-state index contributed by atoms with van der Waals surface area (Å²) in [6.07, 6.45) is 1.05. The third-order valence-corrected chi connectivity index (χ3v) is 5.08. The zero-order valence-electron chi connectivity index (χ0n) is 12.3. The van der Waals surface area contributed by atoms with Crippen molar-refractivity contribution in [2.45, 2.75) is 38.4 Å². The number of fused-ring (bicyclic) bond motifs is 1. The molecule has 21 heavy (non-hydrogen) atoms. The van der Waals surface area contributed by atoms with Gasteiger partial charge in [0, 0.05) is 6.04 Å². The number of carbonyl (C=O) groups is 1. The van der Waals surface area contributed by atoms with E-state index in [1.807, 2.05) is 12.1 Å². The van der Waals surface area contributed by atoms with Gasteiger partial charge in [0.25, 0.3) is 0 Å². The van der Waals surface area contributed by atoms with Crippen molar-refractivity contribution < 1.29 is 9.90 Å². The summed E-state index contributed by atoms with van der Waals surface area (Å²) in [5.74, 6) is -0.389. The van der Waals surface area contributed by atoms with Gasteiger partial charge in [-0.25, -0.2) is 4.98 Å². The largest absolute Gasteiger partial charge is 0.481 e.